The molecule has 0 aromatic carbocycles. The lowest BCUT2D eigenvalue weighted by Crippen LogP contribution is -2.23. The number of carbonyl (C=O) groups is 1. The Morgan fingerprint density at radius 3 is 2.81 bits per heavy atom. The molecule has 4 nitrogen and oxygen atoms in total. The largest absolute Gasteiger partial charge is 0.378 e. The van der Waals surface area contributed by atoms with Crippen LogP contribution in [-0.2, 0) is 11.3 Å². The van der Waals surface area contributed by atoms with Gasteiger partial charge in [0.1, 0.15) is 0 Å². The molecule has 0 spiro atoms. The van der Waals surface area contributed by atoms with Crippen molar-refractivity contribution in [1.82, 2.24) is 4.98 Å². The minimum Gasteiger partial charge on any atom is -0.378 e. The van der Waals surface area contributed by atoms with Crippen LogP contribution in [0.3, 0.4) is 0 Å². The molecule has 1 aromatic heterocycles. The van der Waals surface area contributed by atoms with Gasteiger partial charge in [0, 0.05) is 14.2 Å². The zero-order chi connectivity index (χ0) is 12.1. The van der Waals surface area contributed by atoms with Crippen LogP contribution >= 0.6 is 11.3 Å². The van der Waals surface area contributed by atoms with Gasteiger partial charge in [0.05, 0.1) is 23.7 Å². The average molecular weight is 250 g/mol. The van der Waals surface area contributed by atoms with Gasteiger partial charge in [-0.1, -0.05) is 11.3 Å². The van der Waals surface area contributed by atoms with Crippen molar-refractivity contribution < 1.29 is 18.3 Å². The fourth-order valence-electron chi connectivity index (χ4n) is 1.13. The summed E-state index contributed by atoms with van der Waals surface area (Å²) < 4.78 is 29.2. The summed E-state index contributed by atoms with van der Waals surface area (Å²) in [5, 5.41) is 0.398. The van der Waals surface area contributed by atoms with E-state index in [0.29, 0.717) is 22.0 Å². The molecule has 0 amide bonds. The molecule has 0 saturated carbocycles. The number of halogens is 2. The summed E-state index contributed by atoms with van der Waals surface area (Å²) in [4.78, 5) is 16.5. The topological polar surface area (TPSA) is 42.4 Å². The van der Waals surface area contributed by atoms with Gasteiger partial charge in [-0.3, -0.25) is 4.79 Å². The molecule has 7 heteroatoms. The molecule has 1 aromatic rings. The van der Waals surface area contributed by atoms with Gasteiger partial charge in [-0.05, 0) is 0 Å². The van der Waals surface area contributed by atoms with Crippen molar-refractivity contribution in [3.8, 4) is 0 Å². The minimum absolute atomic E-state index is 0.201. The van der Waals surface area contributed by atoms with Crippen molar-refractivity contribution in [1.29, 1.82) is 0 Å². The maximum absolute atomic E-state index is 12.1. The van der Waals surface area contributed by atoms with Gasteiger partial charge in [0.25, 0.3) is 6.43 Å². The van der Waals surface area contributed by atoms with Crippen LogP contribution in [0.25, 0.3) is 0 Å². The van der Waals surface area contributed by atoms with Crippen molar-refractivity contribution >= 4 is 22.8 Å². The summed E-state index contributed by atoms with van der Waals surface area (Å²) in [5.41, 5.74) is 0.485. The zero-order valence-electron chi connectivity index (χ0n) is 8.94. The lowest BCUT2D eigenvalue weighted by Gasteiger charge is -2.14. The molecule has 0 fully saturated rings. The van der Waals surface area contributed by atoms with E-state index in [1.54, 1.807) is 0 Å². The van der Waals surface area contributed by atoms with Gasteiger partial charge in [0.15, 0.2) is 11.4 Å². The Labute approximate surface area is 95.8 Å². The number of hydrogen-bond donors (Lipinski definition) is 0. The lowest BCUT2D eigenvalue weighted by molar-refractivity contribution is 0.112. The van der Waals surface area contributed by atoms with E-state index < -0.39 is 13.0 Å². The SMILES string of the molecule is COCc1nc(N(C)CC(F)F)sc1C=O. The van der Waals surface area contributed by atoms with Crippen LogP contribution in [0.15, 0.2) is 0 Å². The summed E-state index contributed by atoms with van der Waals surface area (Å²) in [6.07, 6.45) is -1.77. The van der Waals surface area contributed by atoms with Gasteiger partial charge in [-0.15, -0.1) is 0 Å². The number of aldehydes is 1. The average Bonchev–Trinajstić information content (AvgIpc) is 2.61. The van der Waals surface area contributed by atoms with E-state index in [2.05, 4.69) is 4.98 Å². The first-order chi connectivity index (χ1) is 7.58. The Balaban J connectivity index is 2.84. The van der Waals surface area contributed by atoms with Crippen molar-refractivity contribution in [2.24, 2.45) is 0 Å². The van der Waals surface area contributed by atoms with Crippen molar-refractivity contribution in [2.75, 3.05) is 25.6 Å². The third kappa shape index (κ3) is 3.21. The number of rotatable bonds is 6. The van der Waals surface area contributed by atoms with E-state index >= 15 is 0 Å². The minimum atomic E-state index is -2.43. The third-order valence-corrected chi connectivity index (χ3v) is 2.98. The van der Waals surface area contributed by atoms with Crippen molar-refractivity contribution in [2.45, 2.75) is 13.0 Å². The molecular weight excluding hydrogens is 238 g/mol. The van der Waals surface area contributed by atoms with Gasteiger partial charge in [0.2, 0.25) is 0 Å². The standard InChI is InChI=1S/C9H12F2N2O2S/c1-13(3-8(10)11)9-12-6(5-15-2)7(4-14)16-9/h4,8H,3,5H2,1-2H3. The molecule has 0 atom stereocenters. The number of aromatic nitrogens is 1. The third-order valence-electron chi connectivity index (χ3n) is 1.84. The fourth-order valence-corrected chi connectivity index (χ4v) is 1.98. The van der Waals surface area contributed by atoms with E-state index in [0.717, 1.165) is 11.3 Å². The monoisotopic (exact) mass is 250 g/mol. The normalized spacial score (nSPS) is 10.8. The molecule has 90 valence electrons. The predicted octanol–water partition coefficient (Wildman–Crippen LogP) is 1.80. The number of methoxy groups -OCH3 is 1. The zero-order valence-corrected chi connectivity index (χ0v) is 9.76. The molecule has 16 heavy (non-hydrogen) atoms. The summed E-state index contributed by atoms with van der Waals surface area (Å²) in [5.74, 6) is 0. The molecule has 0 N–H and O–H groups in total. The van der Waals surface area contributed by atoms with Crippen LogP contribution in [-0.4, -0.2) is 38.4 Å². The van der Waals surface area contributed by atoms with E-state index in [9.17, 15) is 13.6 Å². The maximum atomic E-state index is 12.1. The molecule has 0 aliphatic carbocycles. The van der Waals surface area contributed by atoms with Crippen LogP contribution in [0.4, 0.5) is 13.9 Å². The van der Waals surface area contributed by atoms with Gasteiger partial charge in [-0.25, -0.2) is 13.8 Å². The molecule has 0 aliphatic rings. The van der Waals surface area contributed by atoms with E-state index in [-0.39, 0.29) is 6.61 Å². The van der Waals surface area contributed by atoms with Crippen LogP contribution < -0.4 is 4.90 Å². The number of thiazole rings is 1. The Hall–Kier alpha value is -1.08. The first-order valence-electron chi connectivity index (χ1n) is 4.51. The van der Waals surface area contributed by atoms with E-state index in [1.165, 1.54) is 19.1 Å². The quantitative estimate of drug-likeness (QED) is 0.722. The fraction of sp³-hybridized carbons (Fsp3) is 0.556. The highest BCUT2D eigenvalue weighted by atomic mass is 32.1. The summed E-state index contributed by atoms with van der Waals surface area (Å²) in [6, 6.07) is 0. The molecular formula is C9H12F2N2O2S. The Kier molecular flexibility index (Phi) is 4.75. The van der Waals surface area contributed by atoms with E-state index in [4.69, 9.17) is 4.74 Å². The highest BCUT2D eigenvalue weighted by Gasteiger charge is 2.16. The molecule has 1 heterocycles. The maximum Gasteiger partial charge on any atom is 0.255 e. The van der Waals surface area contributed by atoms with Crippen LogP contribution in [0.1, 0.15) is 15.4 Å². The number of alkyl halides is 2. The Bertz CT molecular complexity index is 357. The summed E-state index contributed by atoms with van der Waals surface area (Å²) in [7, 11) is 2.99. The van der Waals surface area contributed by atoms with Crippen LogP contribution in [0.5, 0.6) is 0 Å². The van der Waals surface area contributed by atoms with Crippen molar-refractivity contribution in [3.05, 3.63) is 10.6 Å². The highest BCUT2D eigenvalue weighted by Crippen LogP contribution is 2.25. The second-order valence-corrected chi connectivity index (χ2v) is 4.14. The van der Waals surface area contributed by atoms with E-state index in [1.807, 2.05) is 0 Å². The summed E-state index contributed by atoms with van der Waals surface area (Å²) >= 11 is 1.08. The Morgan fingerprint density at radius 2 is 2.31 bits per heavy atom. The van der Waals surface area contributed by atoms with Gasteiger partial charge >= 0.3 is 0 Å². The number of hydrogen-bond acceptors (Lipinski definition) is 5. The van der Waals surface area contributed by atoms with Crippen LogP contribution in [0.2, 0.25) is 0 Å². The smallest absolute Gasteiger partial charge is 0.255 e. The number of ether oxygens (including phenoxy) is 1. The Morgan fingerprint density at radius 1 is 1.62 bits per heavy atom. The molecule has 0 aliphatic heterocycles. The number of carbonyl (C=O) groups excluding carboxylic acids is 1. The molecule has 1 rings (SSSR count). The molecule has 0 bridgehead atoms. The lowest BCUT2D eigenvalue weighted by atomic mass is 10.4. The van der Waals surface area contributed by atoms with Crippen molar-refractivity contribution in [3.63, 3.8) is 0 Å². The molecule has 0 unspecified atom stereocenters. The number of anilines is 1. The number of nitrogens with zero attached hydrogens (tertiary/aromatic N) is 2. The predicted molar refractivity (Wildman–Crippen MR) is 57.5 cm³/mol. The van der Waals surface area contributed by atoms with Gasteiger partial charge in [-0.2, -0.15) is 0 Å². The second kappa shape index (κ2) is 5.86. The molecule has 0 saturated heterocycles. The second-order valence-electron chi connectivity index (χ2n) is 3.13. The first-order valence-corrected chi connectivity index (χ1v) is 5.33. The first kappa shape index (κ1) is 13.0. The summed E-state index contributed by atoms with van der Waals surface area (Å²) in [6.45, 7) is -0.203. The highest BCUT2D eigenvalue weighted by molar-refractivity contribution is 7.17. The van der Waals surface area contributed by atoms with Gasteiger partial charge < -0.3 is 9.64 Å². The van der Waals surface area contributed by atoms with Crippen LogP contribution in [0, 0.1) is 0 Å². The molecule has 0 radical (unpaired) electrons.